The Kier molecular flexibility index (Phi) is 2.80. The van der Waals surface area contributed by atoms with Gasteiger partial charge in [-0.3, -0.25) is 4.68 Å². The van der Waals surface area contributed by atoms with Crippen LogP contribution in [-0.2, 0) is 17.2 Å². The molecule has 1 rings (SSSR count). The van der Waals surface area contributed by atoms with Gasteiger partial charge in [-0.05, 0) is 19.9 Å². The molecule has 0 bridgehead atoms. The molecule has 5 nitrogen and oxygen atoms in total. The van der Waals surface area contributed by atoms with Crippen molar-refractivity contribution in [3.8, 4) is 6.07 Å². The van der Waals surface area contributed by atoms with Crippen LogP contribution in [0.3, 0.4) is 0 Å². The van der Waals surface area contributed by atoms with Gasteiger partial charge in [-0.2, -0.15) is 10.4 Å². The van der Waals surface area contributed by atoms with E-state index < -0.39 is 11.4 Å². The van der Waals surface area contributed by atoms with Crippen molar-refractivity contribution in [1.29, 1.82) is 5.26 Å². The number of esters is 1. The lowest BCUT2D eigenvalue weighted by Gasteiger charge is -2.10. The molecule has 0 aliphatic rings. The lowest BCUT2D eigenvalue weighted by atomic mass is 9.91. The van der Waals surface area contributed by atoms with Gasteiger partial charge in [-0.15, -0.1) is 0 Å². The summed E-state index contributed by atoms with van der Waals surface area (Å²) in [6.07, 6.45) is 0. The third-order valence-electron chi connectivity index (χ3n) is 2.19. The fourth-order valence-corrected chi connectivity index (χ4v) is 1.13. The van der Waals surface area contributed by atoms with E-state index in [0.29, 0.717) is 11.4 Å². The SMILES string of the molecule is COC(=O)c1cc(C(C)(C)C#N)nn1C. The van der Waals surface area contributed by atoms with E-state index in [9.17, 15) is 4.79 Å². The van der Waals surface area contributed by atoms with Crippen LogP contribution < -0.4 is 0 Å². The molecule has 80 valence electrons. The van der Waals surface area contributed by atoms with Crippen molar-refractivity contribution < 1.29 is 9.53 Å². The molecule has 1 aromatic rings. The third kappa shape index (κ3) is 1.99. The Morgan fingerprint density at radius 3 is 2.73 bits per heavy atom. The molecule has 0 aliphatic carbocycles. The zero-order chi connectivity index (χ0) is 11.6. The zero-order valence-electron chi connectivity index (χ0n) is 9.24. The second-order valence-corrected chi connectivity index (χ2v) is 3.77. The molecule has 0 N–H and O–H groups in total. The van der Waals surface area contributed by atoms with E-state index in [4.69, 9.17) is 5.26 Å². The van der Waals surface area contributed by atoms with Crippen LogP contribution in [0.2, 0.25) is 0 Å². The van der Waals surface area contributed by atoms with Crippen LogP contribution in [0.25, 0.3) is 0 Å². The Hall–Kier alpha value is -1.83. The molecule has 0 spiro atoms. The van der Waals surface area contributed by atoms with Crippen LogP contribution in [0, 0.1) is 11.3 Å². The fourth-order valence-electron chi connectivity index (χ4n) is 1.13. The molecule has 0 aromatic carbocycles. The van der Waals surface area contributed by atoms with Gasteiger partial charge in [-0.1, -0.05) is 0 Å². The Morgan fingerprint density at radius 2 is 2.27 bits per heavy atom. The number of rotatable bonds is 2. The van der Waals surface area contributed by atoms with Gasteiger partial charge in [-0.25, -0.2) is 4.79 Å². The number of aryl methyl sites for hydroxylation is 1. The van der Waals surface area contributed by atoms with Gasteiger partial charge >= 0.3 is 5.97 Å². The molecule has 15 heavy (non-hydrogen) atoms. The van der Waals surface area contributed by atoms with Crippen LogP contribution in [0.4, 0.5) is 0 Å². The van der Waals surface area contributed by atoms with Gasteiger partial charge in [0.1, 0.15) is 5.69 Å². The van der Waals surface area contributed by atoms with E-state index in [2.05, 4.69) is 15.9 Å². The van der Waals surface area contributed by atoms with Crippen LogP contribution >= 0.6 is 0 Å². The molecular formula is C10H13N3O2. The predicted molar refractivity (Wildman–Crippen MR) is 53.2 cm³/mol. The molecule has 0 atom stereocenters. The number of nitriles is 1. The maximum atomic E-state index is 11.3. The normalized spacial score (nSPS) is 10.9. The number of hydrogen-bond acceptors (Lipinski definition) is 4. The van der Waals surface area contributed by atoms with Crippen molar-refractivity contribution >= 4 is 5.97 Å². The van der Waals surface area contributed by atoms with Crippen molar-refractivity contribution in [2.24, 2.45) is 7.05 Å². The van der Waals surface area contributed by atoms with Crippen molar-refractivity contribution in [2.75, 3.05) is 7.11 Å². The van der Waals surface area contributed by atoms with Gasteiger partial charge < -0.3 is 4.74 Å². The first-order valence-electron chi connectivity index (χ1n) is 4.46. The van der Waals surface area contributed by atoms with Crippen molar-refractivity contribution in [3.05, 3.63) is 17.5 Å². The molecule has 1 aromatic heterocycles. The second-order valence-electron chi connectivity index (χ2n) is 3.77. The van der Waals surface area contributed by atoms with Crippen molar-refractivity contribution in [3.63, 3.8) is 0 Å². The lowest BCUT2D eigenvalue weighted by molar-refractivity contribution is 0.0588. The largest absolute Gasteiger partial charge is 0.464 e. The number of aromatic nitrogens is 2. The highest BCUT2D eigenvalue weighted by Crippen LogP contribution is 2.21. The first kappa shape index (κ1) is 11.2. The highest BCUT2D eigenvalue weighted by molar-refractivity contribution is 5.87. The second kappa shape index (κ2) is 3.73. The predicted octanol–water partition coefficient (Wildman–Crippen LogP) is 1.01. The summed E-state index contributed by atoms with van der Waals surface area (Å²) in [6, 6.07) is 3.71. The zero-order valence-corrected chi connectivity index (χ0v) is 9.24. The van der Waals surface area contributed by atoms with Crippen molar-refractivity contribution in [1.82, 2.24) is 9.78 Å². The minimum absolute atomic E-state index is 0.343. The van der Waals surface area contributed by atoms with E-state index in [0.717, 1.165) is 0 Å². The minimum Gasteiger partial charge on any atom is -0.464 e. The maximum absolute atomic E-state index is 11.3. The molecule has 5 heteroatoms. The lowest BCUT2D eigenvalue weighted by Crippen LogP contribution is -2.14. The Bertz CT molecular complexity index is 426. The van der Waals surface area contributed by atoms with Crippen molar-refractivity contribution in [2.45, 2.75) is 19.3 Å². The number of nitrogens with zero attached hydrogens (tertiary/aromatic N) is 3. The Morgan fingerprint density at radius 1 is 1.67 bits per heavy atom. The average molecular weight is 207 g/mol. The molecule has 0 unspecified atom stereocenters. The van der Waals surface area contributed by atoms with Gasteiger partial charge in [0.15, 0.2) is 0 Å². The number of ether oxygens (including phenoxy) is 1. The van der Waals surface area contributed by atoms with Gasteiger partial charge in [0.25, 0.3) is 0 Å². The maximum Gasteiger partial charge on any atom is 0.356 e. The van der Waals surface area contributed by atoms with Gasteiger partial charge in [0, 0.05) is 7.05 Å². The van der Waals surface area contributed by atoms with Crippen LogP contribution in [0.5, 0.6) is 0 Å². The third-order valence-corrected chi connectivity index (χ3v) is 2.19. The molecular weight excluding hydrogens is 194 g/mol. The molecule has 0 amide bonds. The van der Waals surface area contributed by atoms with Gasteiger partial charge in [0.2, 0.25) is 0 Å². The Labute approximate surface area is 88.3 Å². The summed E-state index contributed by atoms with van der Waals surface area (Å²) in [5.74, 6) is -0.454. The van der Waals surface area contributed by atoms with E-state index in [-0.39, 0.29) is 0 Å². The standard InChI is InChI=1S/C10H13N3O2/c1-10(2,6-11)8-5-7(9(14)15-4)13(3)12-8/h5H,1-4H3. The molecule has 0 radical (unpaired) electrons. The average Bonchev–Trinajstić information content (AvgIpc) is 2.60. The first-order chi connectivity index (χ1) is 6.92. The van der Waals surface area contributed by atoms with E-state index in [1.807, 2.05) is 0 Å². The monoisotopic (exact) mass is 207 g/mol. The van der Waals surface area contributed by atoms with E-state index in [1.54, 1.807) is 27.0 Å². The van der Waals surface area contributed by atoms with Crippen LogP contribution in [-0.4, -0.2) is 22.9 Å². The quantitative estimate of drug-likeness (QED) is 0.678. The minimum atomic E-state index is -0.704. The van der Waals surface area contributed by atoms with E-state index in [1.165, 1.54) is 11.8 Å². The summed E-state index contributed by atoms with van der Waals surface area (Å²) in [5.41, 5.74) is 0.202. The number of carbonyl (C=O) groups is 1. The topological polar surface area (TPSA) is 67.9 Å². The smallest absolute Gasteiger partial charge is 0.356 e. The highest BCUT2D eigenvalue weighted by atomic mass is 16.5. The molecule has 1 heterocycles. The Balaban J connectivity index is 3.18. The van der Waals surface area contributed by atoms with Crippen LogP contribution in [0.15, 0.2) is 6.07 Å². The molecule has 0 fully saturated rings. The highest BCUT2D eigenvalue weighted by Gasteiger charge is 2.26. The molecule has 0 saturated heterocycles. The number of methoxy groups -OCH3 is 1. The summed E-state index contributed by atoms with van der Waals surface area (Å²) in [4.78, 5) is 11.3. The number of carbonyl (C=O) groups excluding carboxylic acids is 1. The summed E-state index contributed by atoms with van der Waals surface area (Å²) in [7, 11) is 2.95. The summed E-state index contributed by atoms with van der Waals surface area (Å²) in [5, 5.41) is 13.0. The summed E-state index contributed by atoms with van der Waals surface area (Å²) < 4.78 is 6.01. The molecule has 0 aliphatic heterocycles. The number of hydrogen-bond donors (Lipinski definition) is 0. The van der Waals surface area contributed by atoms with E-state index >= 15 is 0 Å². The van der Waals surface area contributed by atoms with Gasteiger partial charge in [0.05, 0.1) is 24.3 Å². The first-order valence-corrected chi connectivity index (χ1v) is 4.46. The summed E-state index contributed by atoms with van der Waals surface area (Å²) >= 11 is 0. The summed E-state index contributed by atoms with van der Waals surface area (Å²) in [6.45, 7) is 3.49. The van der Waals surface area contributed by atoms with Crippen LogP contribution in [0.1, 0.15) is 30.0 Å². The fraction of sp³-hybridized carbons (Fsp3) is 0.500. The molecule has 0 saturated carbocycles.